The van der Waals surface area contributed by atoms with Crippen LogP contribution in [0, 0.1) is 5.92 Å². The Kier molecular flexibility index (Phi) is 5.13. The van der Waals surface area contributed by atoms with E-state index in [-0.39, 0.29) is 12.1 Å². The van der Waals surface area contributed by atoms with Crippen molar-refractivity contribution in [1.82, 2.24) is 9.97 Å². The topological polar surface area (TPSA) is 61.3 Å². The maximum absolute atomic E-state index is 11.2. The van der Waals surface area contributed by atoms with Gasteiger partial charge in [-0.1, -0.05) is 0 Å². The van der Waals surface area contributed by atoms with Crippen molar-refractivity contribution in [3.05, 3.63) is 16.9 Å². The number of methoxy groups -OCH3 is 1. The Morgan fingerprint density at radius 1 is 1.32 bits per heavy atom. The molecule has 1 aliphatic rings. The summed E-state index contributed by atoms with van der Waals surface area (Å²) in [5.74, 6) is 0.291. The largest absolute Gasteiger partial charge is 0.469 e. The lowest BCUT2D eigenvalue weighted by atomic mass is 9.85. The first-order chi connectivity index (χ1) is 9.17. The minimum absolute atomic E-state index is 0.124. The Bertz CT molecular complexity index is 416. The van der Waals surface area contributed by atoms with E-state index < -0.39 is 0 Å². The Balaban J connectivity index is 1.77. The highest BCUT2D eigenvalue weighted by atomic mass is 79.9. The molecule has 0 radical (unpaired) electrons. The van der Waals surface area contributed by atoms with Crippen molar-refractivity contribution >= 4 is 21.9 Å². The summed E-state index contributed by atoms with van der Waals surface area (Å²) in [5, 5.41) is 0. The van der Waals surface area contributed by atoms with Gasteiger partial charge in [-0.2, -0.15) is 0 Å². The molecule has 0 bridgehead atoms. The second-order valence-corrected chi connectivity index (χ2v) is 5.64. The van der Waals surface area contributed by atoms with Gasteiger partial charge >= 0.3 is 12.0 Å². The quantitative estimate of drug-likeness (QED) is 0.795. The highest BCUT2D eigenvalue weighted by Crippen LogP contribution is 2.29. The smallest absolute Gasteiger partial charge is 0.316 e. The third-order valence-corrected chi connectivity index (χ3v) is 3.76. The normalized spacial score (nSPS) is 22.8. The van der Waals surface area contributed by atoms with E-state index in [9.17, 15) is 4.79 Å². The summed E-state index contributed by atoms with van der Waals surface area (Å²) in [5.41, 5.74) is 0. The predicted octanol–water partition coefficient (Wildman–Crippen LogP) is 2.74. The van der Waals surface area contributed by atoms with Gasteiger partial charge in [-0.15, -0.1) is 0 Å². The average Bonchev–Trinajstić information content (AvgIpc) is 2.43. The fraction of sp³-hybridized carbons (Fsp3) is 0.615. The molecule has 0 saturated heterocycles. The molecule has 1 aromatic heterocycles. The van der Waals surface area contributed by atoms with E-state index >= 15 is 0 Å². The fourth-order valence-corrected chi connectivity index (χ4v) is 2.49. The van der Waals surface area contributed by atoms with Crippen LogP contribution in [-0.2, 0) is 9.53 Å². The van der Waals surface area contributed by atoms with Crippen molar-refractivity contribution in [2.24, 2.45) is 5.92 Å². The molecule has 1 aromatic rings. The van der Waals surface area contributed by atoms with Crippen molar-refractivity contribution in [2.75, 3.05) is 7.11 Å². The number of nitrogens with zero attached hydrogens (tertiary/aromatic N) is 2. The van der Waals surface area contributed by atoms with Gasteiger partial charge in [0.2, 0.25) is 0 Å². The number of ether oxygens (including phenoxy) is 2. The zero-order chi connectivity index (χ0) is 13.7. The summed E-state index contributed by atoms with van der Waals surface area (Å²) >= 11 is 3.28. The summed E-state index contributed by atoms with van der Waals surface area (Å²) in [7, 11) is 1.43. The van der Waals surface area contributed by atoms with Crippen molar-refractivity contribution in [3.8, 4) is 6.01 Å². The molecule has 0 amide bonds. The molecular formula is C13H17BrN2O3. The fourth-order valence-electron chi connectivity index (χ4n) is 2.28. The van der Waals surface area contributed by atoms with Crippen molar-refractivity contribution in [2.45, 2.75) is 38.2 Å². The first-order valence-corrected chi connectivity index (χ1v) is 7.17. The highest BCUT2D eigenvalue weighted by Gasteiger charge is 2.24. The molecule has 1 fully saturated rings. The molecule has 0 unspecified atom stereocenters. The lowest BCUT2D eigenvalue weighted by molar-refractivity contribution is -0.142. The summed E-state index contributed by atoms with van der Waals surface area (Å²) < 4.78 is 11.3. The summed E-state index contributed by atoms with van der Waals surface area (Å²) in [6, 6.07) is 0.416. The van der Waals surface area contributed by atoms with E-state index in [1.807, 2.05) is 0 Å². The van der Waals surface area contributed by atoms with E-state index in [0.29, 0.717) is 18.3 Å². The summed E-state index contributed by atoms with van der Waals surface area (Å²) in [6.07, 6.45) is 7.83. The van der Waals surface area contributed by atoms with E-state index in [2.05, 4.69) is 25.9 Å². The molecule has 1 heterocycles. The van der Waals surface area contributed by atoms with Crippen LogP contribution in [0.4, 0.5) is 0 Å². The van der Waals surface area contributed by atoms with E-state index in [1.165, 1.54) is 7.11 Å². The maximum Gasteiger partial charge on any atom is 0.316 e. The third-order valence-electron chi connectivity index (χ3n) is 3.35. The van der Waals surface area contributed by atoms with E-state index in [1.54, 1.807) is 12.4 Å². The van der Waals surface area contributed by atoms with Crippen LogP contribution in [0.1, 0.15) is 32.1 Å². The standard InChI is InChI=1S/C13H17BrN2O3/c1-18-12(17)6-9-2-4-11(5-3-9)19-13-15-7-10(14)8-16-13/h7-9,11H,2-6H2,1H3. The molecule has 5 nitrogen and oxygen atoms in total. The molecule has 2 rings (SSSR count). The Morgan fingerprint density at radius 3 is 2.53 bits per heavy atom. The molecule has 0 aromatic carbocycles. The van der Waals surface area contributed by atoms with Gasteiger partial charge in [0.15, 0.2) is 0 Å². The second kappa shape index (κ2) is 6.84. The molecule has 19 heavy (non-hydrogen) atoms. The molecule has 0 spiro atoms. The monoisotopic (exact) mass is 328 g/mol. The maximum atomic E-state index is 11.2. The van der Waals surface area contributed by atoms with Crippen LogP contribution in [0.3, 0.4) is 0 Å². The molecule has 0 atom stereocenters. The third kappa shape index (κ3) is 4.45. The predicted molar refractivity (Wildman–Crippen MR) is 72.7 cm³/mol. The Morgan fingerprint density at radius 2 is 1.95 bits per heavy atom. The van der Waals surface area contributed by atoms with Crippen LogP contribution in [0.2, 0.25) is 0 Å². The Hall–Kier alpha value is -1.17. The van der Waals surface area contributed by atoms with Gasteiger partial charge in [0, 0.05) is 18.8 Å². The number of hydrogen-bond donors (Lipinski definition) is 0. The molecule has 0 N–H and O–H groups in total. The SMILES string of the molecule is COC(=O)CC1CCC(Oc2ncc(Br)cn2)CC1. The van der Waals surface area contributed by atoms with E-state index in [4.69, 9.17) is 9.47 Å². The van der Waals surface area contributed by atoms with Crippen molar-refractivity contribution < 1.29 is 14.3 Å². The number of carbonyl (C=O) groups excluding carboxylic acids is 1. The second-order valence-electron chi connectivity index (χ2n) is 4.72. The number of aromatic nitrogens is 2. The number of rotatable bonds is 4. The van der Waals surface area contributed by atoms with Gasteiger partial charge < -0.3 is 9.47 Å². The molecule has 0 aliphatic heterocycles. The highest BCUT2D eigenvalue weighted by molar-refractivity contribution is 9.10. The Labute approximate surface area is 120 Å². The zero-order valence-corrected chi connectivity index (χ0v) is 12.4. The number of carbonyl (C=O) groups is 1. The zero-order valence-electron chi connectivity index (χ0n) is 10.8. The van der Waals surface area contributed by atoms with Gasteiger partial charge in [-0.3, -0.25) is 4.79 Å². The minimum atomic E-state index is -0.124. The summed E-state index contributed by atoms with van der Waals surface area (Å²) in [4.78, 5) is 19.4. The lowest BCUT2D eigenvalue weighted by Crippen LogP contribution is -2.26. The van der Waals surface area contributed by atoms with Crippen LogP contribution in [0.25, 0.3) is 0 Å². The van der Waals surface area contributed by atoms with Gasteiger partial charge in [-0.05, 0) is 47.5 Å². The number of halogens is 1. The van der Waals surface area contributed by atoms with Crippen LogP contribution in [-0.4, -0.2) is 29.2 Å². The molecule has 1 saturated carbocycles. The summed E-state index contributed by atoms with van der Waals surface area (Å²) in [6.45, 7) is 0. The molecule has 6 heteroatoms. The lowest BCUT2D eigenvalue weighted by Gasteiger charge is -2.27. The van der Waals surface area contributed by atoms with Crippen LogP contribution in [0.15, 0.2) is 16.9 Å². The first kappa shape index (κ1) is 14.2. The van der Waals surface area contributed by atoms with Gasteiger partial charge in [0.25, 0.3) is 0 Å². The first-order valence-electron chi connectivity index (χ1n) is 6.38. The number of hydrogen-bond acceptors (Lipinski definition) is 5. The van der Waals surface area contributed by atoms with Gasteiger partial charge in [-0.25, -0.2) is 9.97 Å². The van der Waals surface area contributed by atoms with E-state index in [0.717, 1.165) is 30.2 Å². The van der Waals surface area contributed by atoms with Crippen LogP contribution in [0.5, 0.6) is 6.01 Å². The molecular weight excluding hydrogens is 312 g/mol. The van der Waals surface area contributed by atoms with Gasteiger partial charge in [0.05, 0.1) is 11.6 Å². The number of esters is 1. The van der Waals surface area contributed by atoms with Crippen molar-refractivity contribution in [1.29, 1.82) is 0 Å². The van der Waals surface area contributed by atoms with Crippen molar-refractivity contribution in [3.63, 3.8) is 0 Å². The molecule has 104 valence electrons. The average molecular weight is 329 g/mol. The van der Waals surface area contributed by atoms with Crippen LogP contribution < -0.4 is 4.74 Å². The van der Waals surface area contributed by atoms with Crippen LogP contribution >= 0.6 is 15.9 Å². The van der Waals surface area contributed by atoms with Gasteiger partial charge in [0.1, 0.15) is 6.10 Å². The molecule has 1 aliphatic carbocycles. The minimum Gasteiger partial charge on any atom is -0.469 e.